The molecule has 2 N–H and O–H groups in total. The zero-order chi connectivity index (χ0) is 7.23. The highest BCUT2D eigenvalue weighted by Gasteiger charge is 2.12. The minimum atomic E-state index is 0.847. The van der Waals surface area contributed by atoms with Crippen molar-refractivity contribution in [1.29, 1.82) is 0 Å². The Morgan fingerprint density at radius 3 is 3.20 bits per heavy atom. The zero-order valence-electron chi connectivity index (χ0n) is 6.40. The maximum absolute atomic E-state index is 3.65. The van der Waals surface area contributed by atoms with Gasteiger partial charge in [0.25, 0.3) is 0 Å². The van der Waals surface area contributed by atoms with Crippen molar-refractivity contribution in [3.05, 3.63) is 12.7 Å². The fraction of sp³-hybridized carbons (Fsp3) is 0.750. The average molecular weight is 140 g/mol. The van der Waals surface area contributed by atoms with Gasteiger partial charge in [0.1, 0.15) is 0 Å². The lowest BCUT2D eigenvalue weighted by Gasteiger charge is -2.06. The number of hydrogen-bond acceptors (Lipinski definition) is 2. The highest BCUT2D eigenvalue weighted by atomic mass is 14.9. The van der Waals surface area contributed by atoms with E-state index in [2.05, 4.69) is 17.2 Å². The second-order valence-electron chi connectivity index (χ2n) is 2.81. The van der Waals surface area contributed by atoms with Crippen LogP contribution in [0.15, 0.2) is 12.7 Å². The molecular formula is C8H16N2. The molecule has 2 nitrogen and oxygen atoms in total. The Labute approximate surface area is 62.7 Å². The normalized spacial score (nSPS) is 25.0. The van der Waals surface area contributed by atoms with Crippen LogP contribution < -0.4 is 10.6 Å². The molecule has 1 aliphatic heterocycles. The first-order chi connectivity index (χ1) is 4.93. The summed E-state index contributed by atoms with van der Waals surface area (Å²) in [6, 6.07) is 0. The van der Waals surface area contributed by atoms with Crippen LogP contribution in [0.3, 0.4) is 0 Å². The molecule has 1 fully saturated rings. The van der Waals surface area contributed by atoms with E-state index in [4.69, 9.17) is 0 Å². The molecule has 10 heavy (non-hydrogen) atoms. The lowest BCUT2D eigenvalue weighted by Crippen LogP contribution is -2.24. The summed E-state index contributed by atoms with van der Waals surface area (Å²) in [6.07, 6.45) is 3.23. The van der Waals surface area contributed by atoms with Crippen LogP contribution in [0.2, 0.25) is 0 Å². The standard InChI is InChI=1S/C8H16N2/c1-2-4-9-6-8-3-5-10-7-8/h2,8-10H,1,3-7H2/t8-/m0/s1. The molecule has 0 aromatic carbocycles. The monoisotopic (exact) mass is 140 g/mol. The molecule has 0 saturated carbocycles. The highest BCUT2D eigenvalue weighted by Crippen LogP contribution is 2.04. The molecule has 0 spiro atoms. The van der Waals surface area contributed by atoms with E-state index >= 15 is 0 Å². The molecule has 2 heteroatoms. The van der Waals surface area contributed by atoms with E-state index in [1.54, 1.807) is 0 Å². The predicted octanol–water partition coefficient (Wildman–Crippen LogP) is 0.371. The van der Waals surface area contributed by atoms with Crippen molar-refractivity contribution >= 4 is 0 Å². The van der Waals surface area contributed by atoms with Crippen LogP contribution in [-0.4, -0.2) is 26.2 Å². The molecule has 0 unspecified atom stereocenters. The summed E-state index contributed by atoms with van der Waals surface area (Å²) >= 11 is 0. The van der Waals surface area contributed by atoms with Crippen molar-refractivity contribution in [2.75, 3.05) is 26.2 Å². The molecule has 0 aliphatic carbocycles. The third-order valence-corrected chi connectivity index (χ3v) is 1.88. The fourth-order valence-electron chi connectivity index (χ4n) is 1.28. The van der Waals surface area contributed by atoms with Gasteiger partial charge in [0, 0.05) is 6.54 Å². The van der Waals surface area contributed by atoms with Gasteiger partial charge in [-0.05, 0) is 32.0 Å². The van der Waals surface area contributed by atoms with Crippen LogP contribution in [0.25, 0.3) is 0 Å². The Balaban J connectivity index is 1.96. The van der Waals surface area contributed by atoms with Crippen molar-refractivity contribution in [1.82, 2.24) is 10.6 Å². The van der Waals surface area contributed by atoms with Gasteiger partial charge in [-0.25, -0.2) is 0 Å². The van der Waals surface area contributed by atoms with Gasteiger partial charge >= 0.3 is 0 Å². The van der Waals surface area contributed by atoms with Gasteiger partial charge in [-0.1, -0.05) is 6.08 Å². The molecule has 1 rings (SSSR count). The van der Waals surface area contributed by atoms with Crippen molar-refractivity contribution < 1.29 is 0 Å². The first-order valence-corrected chi connectivity index (χ1v) is 3.96. The highest BCUT2D eigenvalue weighted by molar-refractivity contribution is 4.76. The van der Waals surface area contributed by atoms with E-state index in [1.165, 1.54) is 19.5 Å². The number of rotatable bonds is 4. The SMILES string of the molecule is C=CCNC[C@@H]1CCNC1. The molecule has 0 radical (unpaired) electrons. The van der Waals surface area contributed by atoms with Gasteiger partial charge in [0.05, 0.1) is 0 Å². The minimum Gasteiger partial charge on any atom is -0.316 e. The summed E-state index contributed by atoms with van der Waals surface area (Å²) in [5, 5.41) is 6.65. The van der Waals surface area contributed by atoms with Gasteiger partial charge < -0.3 is 10.6 Å². The topological polar surface area (TPSA) is 24.1 Å². The molecule has 0 aromatic rings. The first kappa shape index (κ1) is 7.76. The molecule has 0 amide bonds. The van der Waals surface area contributed by atoms with E-state index in [0.29, 0.717) is 0 Å². The molecule has 1 aliphatic rings. The minimum absolute atomic E-state index is 0.847. The Morgan fingerprint density at radius 1 is 1.70 bits per heavy atom. The molecule has 1 atom stereocenters. The van der Waals surface area contributed by atoms with Gasteiger partial charge in [-0.3, -0.25) is 0 Å². The Bertz CT molecular complexity index is 95.4. The van der Waals surface area contributed by atoms with Gasteiger partial charge in [-0.15, -0.1) is 6.58 Å². The molecule has 0 bridgehead atoms. The molecule has 0 aromatic heterocycles. The van der Waals surface area contributed by atoms with Crippen molar-refractivity contribution in [3.63, 3.8) is 0 Å². The van der Waals surface area contributed by atoms with Crippen molar-refractivity contribution in [3.8, 4) is 0 Å². The maximum atomic E-state index is 3.65. The van der Waals surface area contributed by atoms with Crippen LogP contribution in [0.1, 0.15) is 6.42 Å². The Hall–Kier alpha value is -0.340. The van der Waals surface area contributed by atoms with E-state index in [1.807, 2.05) is 6.08 Å². The molecule has 1 saturated heterocycles. The van der Waals surface area contributed by atoms with Crippen LogP contribution in [0.5, 0.6) is 0 Å². The van der Waals surface area contributed by atoms with Crippen LogP contribution in [0, 0.1) is 5.92 Å². The zero-order valence-corrected chi connectivity index (χ0v) is 6.40. The smallest absolute Gasteiger partial charge is 0.0132 e. The fourth-order valence-corrected chi connectivity index (χ4v) is 1.28. The second kappa shape index (κ2) is 4.47. The lowest BCUT2D eigenvalue weighted by atomic mass is 10.1. The van der Waals surface area contributed by atoms with E-state index < -0.39 is 0 Å². The molecule has 1 heterocycles. The average Bonchev–Trinajstić information content (AvgIpc) is 2.41. The lowest BCUT2D eigenvalue weighted by molar-refractivity contribution is 0.531. The van der Waals surface area contributed by atoms with Crippen LogP contribution in [0.4, 0.5) is 0 Å². The number of nitrogens with one attached hydrogen (secondary N) is 2. The predicted molar refractivity (Wildman–Crippen MR) is 44.0 cm³/mol. The Kier molecular flexibility index (Phi) is 3.47. The summed E-state index contributed by atoms with van der Waals surface area (Å²) in [5.41, 5.74) is 0. The summed E-state index contributed by atoms with van der Waals surface area (Å²) < 4.78 is 0. The summed E-state index contributed by atoms with van der Waals surface area (Å²) in [4.78, 5) is 0. The number of hydrogen-bond donors (Lipinski definition) is 2. The van der Waals surface area contributed by atoms with E-state index in [9.17, 15) is 0 Å². The van der Waals surface area contributed by atoms with Crippen LogP contribution >= 0.6 is 0 Å². The molecular weight excluding hydrogens is 124 g/mol. The third kappa shape index (κ3) is 2.50. The molecule has 58 valence electrons. The second-order valence-corrected chi connectivity index (χ2v) is 2.81. The van der Waals surface area contributed by atoms with Crippen molar-refractivity contribution in [2.24, 2.45) is 5.92 Å². The first-order valence-electron chi connectivity index (χ1n) is 3.96. The summed E-state index contributed by atoms with van der Waals surface area (Å²) in [7, 11) is 0. The quantitative estimate of drug-likeness (QED) is 0.435. The van der Waals surface area contributed by atoms with E-state index in [-0.39, 0.29) is 0 Å². The van der Waals surface area contributed by atoms with E-state index in [0.717, 1.165) is 19.0 Å². The van der Waals surface area contributed by atoms with Crippen LogP contribution in [-0.2, 0) is 0 Å². The largest absolute Gasteiger partial charge is 0.316 e. The summed E-state index contributed by atoms with van der Waals surface area (Å²) in [6.45, 7) is 8.11. The third-order valence-electron chi connectivity index (χ3n) is 1.88. The van der Waals surface area contributed by atoms with Gasteiger partial charge in [-0.2, -0.15) is 0 Å². The van der Waals surface area contributed by atoms with Gasteiger partial charge in [0.2, 0.25) is 0 Å². The van der Waals surface area contributed by atoms with Crippen molar-refractivity contribution in [2.45, 2.75) is 6.42 Å². The van der Waals surface area contributed by atoms with Gasteiger partial charge in [0.15, 0.2) is 0 Å². The summed E-state index contributed by atoms with van der Waals surface area (Å²) in [5.74, 6) is 0.847. The maximum Gasteiger partial charge on any atom is 0.0132 e. The Morgan fingerprint density at radius 2 is 2.60 bits per heavy atom.